The first-order chi connectivity index (χ1) is 35.4. The van der Waals surface area contributed by atoms with Crippen molar-refractivity contribution in [3.05, 3.63) is 96.1 Å². The molecular formula is C40H28N12Na8O20S4. The third-order valence-corrected chi connectivity index (χ3v) is 12.9. The Balaban J connectivity index is -0.00000820. The second-order valence-corrected chi connectivity index (χ2v) is 20.4. The van der Waals surface area contributed by atoms with Crippen molar-refractivity contribution < 1.29 is 328 Å². The van der Waals surface area contributed by atoms with Crippen LogP contribution in [0.5, 0.6) is 0 Å². The van der Waals surface area contributed by atoms with E-state index >= 15 is 0 Å². The second kappa shape index (κ2) is 38.0. The van der Waals surface area contributed by atoms with E-state index in [1.807, 2.05) is 0 Å². The van der Waals surface area contributed by atoms with Gasteiger partial charge in [0.15, 0.2) is 0 Å². The van der Waals surface area contributed by atoms with Crippen molar-refractivity contribution in [1.29, 1.82) is 0 Å². The summed E-state index contributed by atoms with van der Waals surface area (Å²) in [5.74, 6) is -10.6. The van der Waals surface area contributed by atoms with E-state index in [4.69, 9.17) is 0 Å². The van der Waals surface area contributed by atoms with Crippen molar-refractivity contribution >= 4 is 135 Å². The Morgan fingerprint density at radius 3 is 0.833 bits per heavy atom. The number of benzene rings is 4. The summed E-state index contributed by atoms with van der Waals surface area (Å²) >= 11 is 0. The van der Waals surface area contributed by atoms with Crippen molar-refractivity contribution in [2.24, 2.45) is 0 Å². The number of hydrogen-bond donors (Lipinski definition) is 4. The molecule has 6 aromatic rings. The summed E-state index contributed by atoms with van der Waals surface area (Å²) in [6, 6.07) is 13.9. The van der Waals surface area contributed by atoms with Gasteiger partial charge in [0.05, 0.1) is 69.6 Å². The molecule has 0 saturated carbocycles. The summed E-state index contributed by atoms with van der Waals surface area (Å²) in [6.07, 6.45) is 1.85. The number of carbonyl (C=O) groups excluding carboxylic acids is 4. The normalized spacial score (nSPS) is 10.8. The first kappa shape index (κ1) is 87.2. The van der Waals surface area contributed by atoms with E-state index in [0.29, 0.717) is 9.80 Å². The summed E-state index contributed by atoms with van der Waals surface area (Å²) in [7, 11) is -20.6. The van der Waals surface area contributed by atoms with E-state index in [-0.39, 0.29) is 259 Å². The van der Waals surface area contributed by atoms with Crippen LogP contribution < -0.4 is 288 Å². The predicted octanol–water partition coefficient (Wildman–Crippen LogP) is -28.5. The largest absolute Gasteiger partial charge is 1.00 e. The molecule has 6 rings (SSSR count). The molecule has 400 valence electrons. The fourth-order valence-electron chi connectivity index (χ4n) is 6.29. The molecule has 0 amide bonds. The minimum Gasteiger partial charge on any atom is -0.744 e. The quantitative estimate of drug-likeness (QED) is 0.0248. The van der Waals surface area contributed by atoms with E-state index in [0.717, 1.165) is 97.1 Å². The third kappa shape index (κ3) is 27.2. The molecule has 0 radical (unpaired) electrons. The van der Waals surface area contributed by atoms with E-state index in [1.54, 1.807) is 0 Å². The Labute approximate surface area is 654 Å². The number of aliphatic carboxylic acids is 4. The van der Waals surface area contributed by atoms with Crippen molar-refractivity contribution in [3.63, 3.8) is 0 Å². The van der Waals surface area contributed by atoms with Gasteiger partial charge in [-0.1, -0.05) is 24.3 Å². The van der Waals surface area contributed by atoms with E-state index in [9.17, 15) is 91.5 Å². The Kier molecular flexibility index (Phi) is 39.4. The zero-order valence-electron chi connectivity index (χ0n) is 45.4. The van der Waals surface area contributed by atoms with Crippen LogP contribution in [-0.4, -0.2) is 132 Å². The molecular weight excluding hydrogens is 1280 g/mol. The molecule has 0 aliphatic carbocycles. The average molecular weight is 1310 g/mol. The van der Waals surface area contributed by atoms with Crippen LogP contribution in [0.1, 0.15) is 11.1 Å². The number of carboxylic acid groups (broad SMARTS) is 4. The average Bonchev–Trinajstić information content (AvgIpc) is 3.29. The zero-order chi connectivity index (χ0) is 55.9. The van der Waals surface area contributed by atoms with Gasteiger partial charge >= 0.3 is 236 Å². The topological polar surface area (TPSA) is 521 Å². The van der Waals surface area contributed by atoms with Crippen molar-refractivity contribution in [2.45, 2.75) is 19.6 Å². The molecule has 0 atom stereocenters. The summed E-state index contributed by atoms with van der Waals surface area (Å²) in [5, 5.41) is 56.3. The minimum atomic E-state index is -5.45. The predicted molar refractivity (Wildman–Crippen MR) is 244 cm³/mol. The monoisotopic (exact) mass is 1310 g/mol. The van der Waals surface area contributed by atoms with Crippen LogP contribution >= 0.6 is 0 Å². The van der Waals surface area contributed by atoms with Crippen LogP contribution in [0.25, 0.3) is 12.2 Å². The van der Waals surface area contributed by atoms with E-state index in [2.05, 4.69) is 51.2 Å². The van der Waals surface area contributed by atoms with Crippen LogP contribution in [0.4, 0.5) is 58.4 Å². The number of nitrogens with one attached hydrogen (secondary N) is 4. The Bertz CT molecular complexity index is 3520. The number of anilines is 10. The van der Waals surface area contributed by atoms with Crippen LogP contribution in [0.15, 0.2) is 105 Å². The molecule has 84 heavy (non-hydrogen) atoms. The maximum atomic E-state index is 12.6. The van der Waals surface area contributed by atoms with Gasteiger partial charge in [0.25, 0.3) is 0 Å². The number of carbonyl (C=O) groups is 4. The second-order valence-electron chi connectivity index (χ2n) is 15.0. The molecule has 0 unspecified atom stereocenters. The first-order valence-corrected chi connectivity index (χ1v) is 25.9. The van der Waals surface area contributed by atoms with Crippen molar-refractivity contribution in [1.82, 2.24) is 29.9 Å². The number of aromatic nitrogens is 6. The molecule has 0 bridgehead atoms. The van der Waals surface area contributed by atoms with Crippen molar-refractivity contribution in [2.75, 3.05) is 57.2 Å². The molecule has 0 fully saturated rings. The molecule has 0 saturated heterocycles. The van der Waals surface area contributed by atoms with Crippen LogP contribution in [0.3, 0.4) is 0 Å². The van der Waals surface area contributed by atoms with Gasteiger partial charge in [0, 0.05) is 22.7 Å². The van der Waals surface area contributed by atoms with Gasteiger partial charge in [-0.15, -0.1) is 0 Å². The molecule has 2 aromatic heterocycles. The maximum absolute atomic E-state index is 12.6. The maximum Gasteiger partial charge on any atom is 1.00 e. The molecule has 0 aliphatic rings. The smallest absolute Gasteiger partial charge is 0.744 e. The molecule has 0 aliphatic heterocycles. The van der Waals surface area contributed by atoms with Gasteiger partial charge in [0.1, 0.15) is 40.5 Å². The van der Waals surface area contributed by atoms with Crippen LogP contribution in [0, 0.1) is 0 Å². The summed E-state index contributed by atoms with van der Waals surface area (Å²) in [4.78, 5) is 67.9. The van der Waals surface area contributed by atoms with Gasteiger partial charge in [-0.05, 0) is 83.9 Å². The number of nitrogens with zero attached hydrogens (tertiary/aromatic N) is 8. The number of carboxylic acids is 4. The van der Waals surface area contributed by atoms with Gasteiger partial charge in [0.2, 0.25) is 35.7 Å². The van der Waals surface area contributed by atoms with E-state index in [1.165, 1.54) is 0 Å². The molecule has 4 aromatic carbocycles. The third-order valence-electron chi connectivity index (χ3n) is 9.41. The summed E-state index contributed by atoms with van der Waals surface area (Å²) in [6.45, 7) is -4.49. The summed E-state index contributed by atoms with van der Waals surface area (Å²) in [5.41, 5.74) is -1.32. The SMILES string of the molecule is O=C([O-])CN(CC(=O)[O-])c1nc(Nc2ccc(S(=O)(=O)[O-])cc2)nc(Nc2ccc(/C=C/c3ccc(Nc4nc(Nc5ccc(S(=O)(=O)[O-])cc5)nc(N(CC(=O)[O-])CC(=O)[O-])n4)cc3S(=O)(=O)[O-])c(S(=O)(=O)[O-])c2)n1.[Na+].[Na+].[Na+].[Na+].[Na+].[Na+].[Na+].[Na+]. The fraction of sp³-hybridized carbons (Fsp3) is 0.100. The minimum absolute atomic E-state index is 0. The number of hydrogen-bond acceptors (Lipinski definition) is 32. The number of rotatable bonds is 24. The van der Waals surface area contributed by atoms with Crippen molar-refractivity contribution in [3.8, 4) is 0 Å². The zero-order valence-corrected chi connectivity index (χ0v) is 64.7. The standard InChI is InChI=1S/C40H36N12O20S4.8Na/c53-31(54)17-51(18-32(55)56)39-47-35(41-23-7-11-27(12-8-23)73(61,62)63)45-37(49-39)43-25-5-3-21(29(15-25)75(67,68)69)1-2-22-4-6-26(16-30(22)76(70,71)72)44-38-46-36(42-24-9-13-28(14-10-24)74(64,65)66)48-40(50-38)52(19-33(57)58)20-34(59)60;;;;;;;;/h1-16H,17-20H2,(H,53,54)(H,55,56)(H,57,58)(H,59,60)(H,61,62,63)(H,64,65,66)(H,67,68,69)(H,70,71,72)(H2,41,43,45,47,49)(H2,42,44,46,48,50);;;;;;;;/q;8*+1/p-8/b2-1+;;;;;;;;. The van der Waals surface area contributed by atoms with Gasteiger partial charge in [-0.3, -0.25) is 0 Å². The Morgan fingerprint density at radius 1 is 0.369 bits per heavy atom. The van der Waals surface area contributed by atoms with Crippen LogP contribution in [0.2, 0.25) is 0 Å². The Morgan fingerprint density at radius 2 is 0.607 bits per heavy atom. The molecule has 32 nitrogen and oxygen atoms in total. The van der Waals surface area contributed by atoms with Crippen LogP contribution in [-0.2, 0) is 59.7 Å². The summed E-state index contributed by atoms with van der Waals surface area (Å²) < 4.78 is 144. The molecule has 4 N–H and O–H groups in total. The molecule has 2 heterocycles. The first-order valence-electron chi connectivity index (χ1n) is 20.3. The molecule has 44 heteroatoms. The Hall–Kier alpha value is -1.04. The molecule has 0 spiro atoms. The van der Waals surface area contributed by atoms with Gasteiger partial charge in [-0.2, -0.15) is 29.9 Å². The van der Waals surface area contributed by atoms with Gasteiger partial charge in [-0.25, -0.2) is 33.7 Å². The fourth-order valence-corrected chi connectivity index (χ4v) is 8.62. The van der Waals surface area contributed by atoms with E-state index < -0.39 is 157 Å². The van der Waals surface area contributed by atoms with Gasteiger partial charge < -0.3 is 88.9 Å².